The van der Waals surface area contributed by atoms with Crippen LogP contribution in [0.2, 0.25) is 0 Å². The molecule has 9 rings (SSSR count). The molecule has 1 amide bonds. The molecule has 5 heterocycles. The van der Waals surface area contributed by atoms with Gasteiger partial charge in [-0.15, -0.1) is 0 Å². The summed E-state index contributed by atoms with van der Waals surface area (Å²) < 4.78 is 18.2. The Hall–Kier alpha value is -4.79. The summed E-state index contributed by atoms with van der Waals surface area (Å²) in [6, 6.07) is 25.7. The Morgan fingerprint density at radius 2 is 1.60 bits per heavy atom. The maximum Gasteiger partial charge on any atom is 0.253 e. The Kier molecular flexibility index (Phi) is 4.84. The van der Waals surface area contributed by atoms with Crippen molar-refractivity contribution in [2.45, 2.75) is 37.4 Å². The molecule has 1 fully saturated rings. The molecule has 1 saturated heterocycles. The van der Waals surface area contributed by atoms with E-state index in [1.54, 1.807) is 7.11 Å². The molecule has 2 aliphatic rings. The quantitative estimate of drug-likeness (QED) is 0.243. The molecule has 1 unspecified atom stereocenters. The average Bonchev–Trinajstić information content (AvgIpc) is 3.68. The Morgan fingerprint density at radius 3 is 2.35 bits per heavy atom. The van der Waals surface area contributed by atoms with Crippen LogP contribution >= 0.6 is 0 Å². The standard InChI is InChI=1S/C35H30N4O4/c1-35-32(42-3)25(37(2)34(41)19-11-5-4-6-12-19)17-26(43-35)38-23-15-9-7-13-20(23)28-29-22(18-36-33(29)40)27-21-14-8-10-16-24(21)39(35)31(27)30(28)38/h4-16,18,25-26,32,36,40H,17H2,1-3H3/t25?,26-,32-,35+/m1/s1. The molecule has 8 heteroatoms. The van der Waals surface area contributed by atoms with Crippen LogP contribution in [-0.2, 0) is 15.2 Å². The van der Waals surface area contributed by atoms with Gasteiger partial charge in [0.2, 0.25) is 0 Å². The summed E-state index contributed by atoms with van der Waals surface area (Å²) >= 11 is 0. The number of amides is 1. The zero-order valence-corrected chi connectivity index (χ0v) is 24.0. The number of aromatic hydroxyl groups is 1. The number of nitrogens with one attached hydrogen (secondary N) is 1. The number of methoxy groups -OCH3 is 1. The minimum absolute atomic E-state index is 0.0587. The third-order valence-corrected chi connectivity index (χ3v) is 9.91. The predicted molar refractivity (Wildman–Crippen MR) is 167 cm³/mol. The van der Waals surface area contributed by atoms with E-state index in [-0.39, 0.29) is 17.8 Å². The van der Waals surface area contributed by atoms with E-state index in [1.807, 2.05) is 72.7 Å². The van der Waals surface area contributed by atoms with Crippen LogP contribution in [0.15, 0.2) is 85.1 Å². The van der Waals surface area contributed by atoms with E-state index in [2.05, 4.69) is 45.3 Å². The highest BCUT2D eigenvalue weighted by Gasteiger charge is 2.54. The van der Waals surface area contributed by atoms with Crippen molar-refractivity contribution in [3.63, 3.8) is 0 Å². The molecule has 0 saturated carbocycles. The van der Waals surface area contributed by atoms with E-state index < -0.39 is 18.1 Å². The van der Waals surface area contributed by atoms with E-state index in [4.69, 9.17) is 9.47 Å². The average molecular weight is 571 g/mol. The van der Waals surface area contributed by atoms with Crippen LogP contribution in [-0.4, -0.2) is 56.3 Å². The smallest absolute Gasteiger partial charge is 0.253 e. The molecule has 214 valence electrons. The van der Waals surface area contributed by atoms with Crippen LogP contribution < -0.4 is 0 Å². The van der Waals surface area contributed by atoms with Gasteiger partial charge < -0.3 is 33.6 Å². The second-order valence-electron chi connectivity index (χ2n) is 12.0. The summed E-state index contributed by atoms with van der Waals surface area (Å²) in [6.45, 7) is 2.09. The number of benzene rings is 4. The highest BCUT2D eigenvalue weighted by molar-refractivity contribution is 6.37. The maximum absolute atomic E-state index is 13.9. The van der Waals surface area contributed by atoms with Gasteiger partial charge in [0.15, 0.2) is 11.6 Å². The molecule has 7 aromatic rings. The van der Waals surface area contributed by atoms with Gasteiger partial charge in [0.1, 0.15) is 12.3 Å². The monoisotopic (exact) mass is 570 g/mol. The number of carbonyl (C=O) groups excluding carboxylic acids is 1. The van der Waals surface area contributed by atoms with Crippen LogP contribution in [0.25, 0.3) is 54.4 Å². The summed E-state index contributed by atoms with van der Waals surface area (Å²) in [4.78, 5) is 18.8. The first kappa shape index (κ1) is 24.8. The molecular formula is C35H30N4O4. The van der Waals surface area contributed by atoms with Crippen molar-refractivity contribution in [3.05, 3.63) is 90.6 Å². The SMILES string of the molecule is CO[C@@H]1C(N(C)C(=O)c2ccccc2)C[C@H]2O[C@]1(C)n1c3ccccc3c3c4c[nH]c(O)c4c4c5ccccc5n2c4c31. The van der Waals surface area contributed by atoms with Crippen LogP contribution in [0.4, 0.5) is 0 Å². The van der Waals surface area contributed by atoms with Gasteiger partial charge in [-0.1, -0.05) is 54.6 Å². The number of ether oxygens (including phenoxy) is 2. The largest absolute Gasteiger partial charge is 0.494 e. The zero-order valence-electron chi connectivity index (χ0n) is 24.0. The van der Waals surface area contributed by atoms with E-state index in [9.17, 15) is 9.90 Å². The zero-order chi connectivity index (χ0) is 29.2. The van der Waals surface area contributed by atoms with Crippen LogP contribution in [0.5, 0.6) is 5.88 Å². The number of rotatable bonds is 3. The highest BCUT2D eigenvalue weighted by atomic mass is 16.6. The third-order valence-electron chi connectivity index (χ3n) is 9.91. The number of fused-ring (bicyclic) bond motifs is 13. The minimum atomic E-state index is -0.978. The van der Waals surface area contributed by atoms with Crippen molar-refractivity contribution in [2.24, 2.45) is 0 Å². The van der Waals surface area contributed by atoms with Gasteiger partial charge in [0.25, 0.3) is 5.91 Å². The number of carbonyl (C=O) groups is 1. The predicted octanol–water partition coefficient (Wildman–Crippen LogP) is 6.85. The van der Waals surface area contributed by atoms with E-state index >= 15 is 0 Å². The molecule has 2 aliphatic heterocycles. The van der Waals surface area contributed by atoms with Gasteiger partial charge in [0, 0.05) is 59.3 Å². The molecule has 43 heavy (non-hydrogen) atoms. The third kappa shape index (κ3) is 2.94. The summed E-state index contributed by atoms with van der Waals surface area (Å²) in [6.07, 6.45) is 1.54. The number of hydrogen-bond donors (Lipinski definition) is 2. The molecule has 3 aromatic heterocycles. The van der Waals surface area contributed by atoms with Gasteiger partial charge in [-0.3, -0.25) is 4.79 Å². The molecule has 2 bridgehead atoms. The first-order valence-corrected chi connectivity index (χ1v) is 14.6. The van der Waals surface area contributed by atoms with Gasteiger partial charge in [-0.2, -0.15) is 0 Å². The lowest BCUT2D eigenvalue weighted by atomic mass is 9.91. The number of likely N-dealkylation sites (N-methyl/N-ethyl adjacent to an activating group) is 1. The molecule has 0 aliphatic carbocycles. The first-order valence-electron chi connectivity index (χ1n) is 14.6. The number of hydrogen-bond acceptors (Lipinski definition) is 4. The Labute approximate surface area is 246 Å². The molecule has 4 atom stereocenters. The molecule has 4 aromatic carbocycles. The van der Waals surface area contributed by atoms with Crippen molar-refractivity contribution < 1.29 is 19.4 Å². The summed E-state index contributed by atoms with van der Waals surface area (Å²) in [7, 11) is 3.58. The molecule has 8 nitrogen and oxygen atoms in total. The van der Waals surface area contributed by atoms with Crippen LogP contribution in [0, 0.1) is 0 Å². The van der Waals surface area contributed by atoms with E-state index in [0.717, 1.165) is 54.4 Å². The van der Waals surface area contributed by atoms with E-state index in [0.29, 0.717) is 12.0 Å². The van der Waals surface area contributed by atoms with Crippen molar-refractivity contribution in [3.8, 4) is 5.88 Å². The van der Waals surface area contributed by atoms with Crippen LogP contribution in [0.3, 0.4) is 0 Å². The topological polar surface area (TPSA) is 84.7 Å². The maximum atomic E-state index is 13.9. The fourth-order valence-electron chi connectivity index (χ4n) is 8.20. The number of para-hydroxylation sites is 2. The molecule has 2 N–H and O–H groups in total. The summed E-state index contributed by atoms with van der Waals surface area (Å²) in [5.74, 6) is 0.0911. The van der Waals surface area contributed by atoms with Crippen molar-refractivity contribution >= 4 is 60.3 Å². The molecule has 0 spiro atoms. The number of H-pyrrole nitrogens is 1. The fraction of sp³-hybridized carbons (Fsp3) is 0.229. The minimum Gasteiger partial charge on any atom is -0.494 e. The summed E-state index contributed by atoms with van der Waals surface area (Å²) in [5.41, 5.74) is 3.72. The van der Waals surface area contributed by atoms with Gasteiger partial charge in [-0.25, -0.2) is 0 Å². The normalized spacial score (nSPS) is 23.2. The Balaban J connectivity index is 1.44. The second kappa shape index (κ2) is 8.40. The number of nitrogens with zero attached hydrogens (tertiary/aromatic N) is 3. The number of aromatic nitrogens is 3. The van der Waals surface area contributed by atoms with Crippen molar-refractivity contribution in [1.82, 2.24) is 19.0 Å². The van der Waals surface area contributed by atoms with Gasteiger partial charge in [0.05, 0.1) is 33.5 Å². The Bertz CT molecular complexity index is 2280. The lowest BCUT2D eigenvalue weighted by Crippen LogP contribution is -2.61. The first-order chi connectivity index (χ1) is 20.9. The summed E-state index contributed by atoms with van der Waals surface area (Å²) in [5, 5.41) is 17.1. The number of aromatic amines is 1. The van der Waals surface area contributed by atoms with Crippen LogP contribution in [0.1, 0.15) is 29.9 Å². The van der Waals surface area contributed by atoms with E-state index in [1.165, 1.54) is 0 Å². The van der Waals surface area contributed by atoms with Crippen molar-refractivity contribution in [1.29, 1.82) is 0 Å². The second-order valence-corrected chi connectivity index (χ2v) is 12.0. The Morgan fingerprint density at radius 1 is 0.930 bits per heavy atom. The lowest BCUT2D eigenvalue weighted by Gasteiger charge is -2.50. The molecular weight excluding hydrogens is 540 g/mol. The van der Waals surface area contributed by atoms with Gasteiger partial charge >= 0.3 is 0 Å². The highest BCUT2D eigenvalue weighted by Crippen LogP contribution is 2.55. The lowest BCUT2D eigenvalue weighted by molar-refractivity contribution is -0.264. The fourth-order valence-corrected chi connectivity index (χ4v) is 8.20. The van der Waals surface area contributed by atoms with Crippen molar-refractivity contribution in [2.75, 3.05) is 14.2 Å². The van der Waals surface area contributed by atoms with Gasteiger partial charge in [-0.05, 0) is 31.2 Å². The molecule has 0 radical (unpaired) electrons.